The van der Waals surface area contributed by atoms with E-state index in [2.05, 4.69) is 10.2 Å². The number of hydrogen-bond acceptors (Lipinski definition) is 6. The van der Waals surface area contributed by atoms with Crippen LogP contribution in [0.5, 0.6) is 5.88 Å². The highest BCUT2D eigenvalue weighted by Gasteiger charge is 2.62. The zero-order valence-corrected chi connectivity index (χ0v) is 26.6. The normalized spacial score (nSPS) is 26.2. The Hall–Kier alpha value is -3.70. The molecule has 0 bridgehead atoms. The van der Waals surface area contributed by atoms with E-state index in [1.807, 2.05) is 6.92 Å². The van der Waals surface area contributed by atoms with E-state index in [9.17, 15) is 14.7 Å². The lowest BCUT2D eigenvalue weighted by atomic mass is 9.74. The molecule has 12 heteroatoms. The predicted octanol–water partition coefficient (Wildman–Crippen LogP) is 6.48. The second kappa shape index (κ2) is 12.2. The standard InChI is InChI=1S/C34H33Cl2FN4O5/c1-34(33(44)38-22-7-2-6-21(35)14-22)29(24-8-3-9-26(36)30(24)37)25-16-41-31(23-11-10-20(32(42)43)13-27(23)39-41)46-18-28(25)40(34)15-19-5-4-12-45-17-19/h2-3,6-11,13-14,19,25,28-29H,4-5,12,15-18H2,1H3,(H,38,44)(H,42,43)/t19?,25-,28+,29+,34-/m1/s1. The van der Waals surface area contributed by atoms with E-state index in [1.54, 1.807) is 47.1 Å². The second-order valence-electron chi connectivity index (χ2n) is 12.5. The quantitative estimate of drug-likeness (QED) is 0.243. The molecule has 2 N–H and O–H groups in total. The number of amides is 1. The summed E-state index contributed by atoms with van der Waals surface area (Å²) < 4.78 is 30.2. The van der Waals surface area contributed by atoms with Gasteiger partial charge in [-0.15, -0.1) is 0 Å². The Morgan fingerprint density at radius 2 is 1.96 bits per heavy atom. The van der Waals surface area contributed by atoms with Gasteiger partial charge in [0.05, 0.1) is 34.1 Å². The van der Waals surface area contributed by atoms with Crippen molar-refractivity contribution >= 4 is 51.7 Å². The van der Waals surface area contributed by atoms with Gasteiger partial charge < -0.3 is 19.9 Å². The van der Waals surface area contributed by atoms with Crippen LogP contribution in [0.3, 0.4) is 0 Å². The average molecular weight is 668 g/mol. The number of hydrogen-bond donors (Lipinski definition) is 2. The summed E-state index contributed by atoms with van der Waals surface area (Å²) in [5.74, 6) is -2.27. The number of ether oxygens (including phenoxy) is 2. The average Bonchev–Trinajstić information content (AvgIpc) is 3.41. The Bertz CT molecular complexity index is 1830. The third-order valence-electron chi connectivity index (χ3n) is 9.81. The molecule has 46 heavy (non-hydrogen) atoms. The second-order valence-corrected chi connectivity index (χ2v) is 13.4. The monoisotopic (exact) mass is 666 g/mol. The number of carbonyl (C=O) groups excluding carboxylic acids is 1. The molecule has 2 saturated heterocycles. The summed E-state index contributed by atoms with van der Waals surface area (Å²) in [6, 6.07) is 16.3. The Balaban J connectivity index is 1.37. The van der Waals surface area contributed by atoms with Gasteiger partial charge in [0, 0.05) is 42.2 Å². The molecule has 240 valence electrons. The molecular formula is C34H33Cl2FN4O5. The van der Waals surface area contributed by atoms with Crippen LogP contribution in [0.25, 0.3) is 10.9 Å². The minimum Gasteiger partial charge on any atom is -0.478 e. The van der Waals surface area contributed by atoms with Crippen molar-refractivity contribution in [2.75, 3.05) is 31.7 Å². The molecule has 3 aromatic carbocycles. The largest absolute Gasteiger partial charge is 0.478 e. The van der Waals surface area contributed by atoms with Crippen LogP contribution in [-0.2, 0) is 16.1 Å². The Morgan fingerprint density at radius 3 is 2.72 bits per heavy atom. The van der Waals surface area contributed by atoms with Gasteiger partial charge in [-0.3, -0.25) is 9.69 Å². The molecule has 4 heterocycles. The lowest BCUT2D eigenvalue weighted by Crippen LogP contribution is -2.58. The number of benzene rings is 3. The summed E-state index contributed by atoms with van der Waals surface area (Å²) in [7, 11) is 0. The van der Waals surface area contributed by atoms with Gasteiger partial charge in [0.15, 0.2) is 0 Å². The topological polar surface area (TPSA) is 106 Å². The molecule has 4 aromatic rings. The molecule has 1 unspecified atom stereocenters. The highest BCUT2D eigenvalue weighted by Crippen LogP contribution is 2.53. The van der Waals surface area contributed by atoms with Gasteiger partial charge in [-0.25, -0.2) is 13.9 Å². The van der Waals surface area contributed by atoms with Crippen LogP contribution in [0.15, 0.2) is 60.7 Å². The van der Waals surface area contributed by atoms with Crippen molar-refractivity contribution < 1.29 is 28.6 Å². The van der Waals surface area contributed by atoms with Crippen LogP contribution in [0, 0.1) is 17.7 Å². The van der Waals surface area contributed by atoms with Crippen LogP contribution in [0.1, 0.15) is 41.6 Å². The minimum absolute atomic E-state index is 0.0256. The third-order valence-corrected chi connectivity index (χ3v) is 10.3. The molecule has 0 saturated carbocycles. The molecule has 3 aliphatic rings. The van der Waals surface area contributed by atoms with Crippen LogP contribution >= 0.6 is 23.2 Å². The van der Waals surface area contributed by atoms with Gasteiger partial charge in [0.2, 0.25) is 11.8 Å². The first-order chi connectivity index (χ1) is 22.1. The SMILES string of the molecule is C[C@]1(C(=O)Nc2cccc(Cl)c2)[C@@H](c2cccc(Cl)c2F)[C@@H]2Cn3nc4cc(C(=O)O)ccc4c3OC[C@@H]2N1CC1CCCOC1. The van der Waals surface area contributed by atoms with Crippen LogP contribution in [0.4, 0.5) is 10.1 Å². The molecule has 2 fully saturated rings. The van der Waals surface area contributed by atoms with E-state index in [1.165, 1.54) is 18.2 Å². The molecule has 3 aliphatic heterocycles. The fourth-order valence-corrected chi connectivity index (χ4v) is 8.03. The first kappa shape index (κ1) is 30.9. The summed E-state index contributed by atoms with van der Waals surface area (Å²) in [5.41, 5.74) is 0.203. The van der Waals surface area contributed by atoms with Crippen molar-refractivity contribution in [3.8, 4) is 5.88 Å². The highest BCUT2D eigenvalue weighted by atomic mass is 35.5. The Kier molecular flexibility index (Phi) is 8.17. The lowest BCUT2D eigenvalue weighted by molar-refractivity contribution is -0.128. The summed E-state index contributed by atoms with van der Waals surface area (Å²) in [6.45, 7) is 4.18. The Labute approximate surface area is 275 Å². The summed E-state index contributed by atoms with van der Waals surface area (Å²) >= 11 is 12.6. The number of carboxylic acids is 1. The minimum atomic E-state index is -1.26. The highest BCUT2D eigenvalue weighted by molar-refractivity contribution is 6.31. The number of carboxylic acid groups (broad SMARTS) is 1. The van der Waals surface area contributed by atoms with Gasteiger partial charge in [-0.05, 0) is 73.7 Å². The lowest BCUT2D eigenvalue weighted by Gasteiger charge is -2.42. The van der Waals surface area contributed by atoms with E-state index in [0.717, 1.165) is 12.8 Å². The molecule has 1 aromatic heterocycles. The van der Waals surface area contributed by atoms with E-state index in [4.69, 9.17) is 37.8 Å². The maximum Gasteiger partial charge on any atom is 0.335 e. The number of nitrogens with one attached hydrogen (secondary N) is 1. The van der Waals surface area contributed by atoms with Gasteiger partial charge >= 0.3 is 5.97 Å². The number of rotatable bonds is 6. The van der Waals surface area contributed by atoms with Crippen LogP contribution < -0.4 is 10.1 Å². The van der Waals surface area contributed by atoms with Gasteiger partial charge in [-0.1, -0.05) is 41.4 Å². The fraction of sp³-hybridized carbons (Fsp3) is 0.382. The molecule has 0 radical (unpaired) electrons. The van der Waals surface area contributed by atoms with Crippen molar-refractivity contribution in [2.45, 2.75) is 43.8 Å². The maximum atomic E-state index is 16.1. The van der Waals surface area contributed by atoms with E-state index >= 15 is 4.39 Å². The summed E-state index contributed by atoms with van der Waals surface area (Å²) in [5, 5.41) is 18.5. The number of halogens is 3. The summed E-state index contributed by atoms with van der Waals surface area (Å²) in [6.07, 6.45) is 1.86. The molecule has 0 aliphatic carbocycles. The number of likely N-dealkylation sites (tertiary alicyclic amines) is 1. The smallest absolute Gasteiger partial charge is 0.335 e. The fourth-order valence-electron chi connectivity index (χ4n) is 7.66. The van der Waals surface area contributed by atoms with Crippen molar-refractivity contribution in [3.05, 3.63) is 87.7 Å². The number of fused-ring (bicyclic) bond motifs is 4. The van der Waals surface area contributed by atoms with Gasteiger partial charge in [0.1, 0.15) is 18.0 Å². The van der Waals surface area contributed by atoms with Crippen molar-refractivity contribution in [1.82, 2.24) is 14.7 Å². The maximum absolute atomic E-state index is 16.1. The number of aromatic nitrogens is 2. The first-order valence-corrected chi connectivity index (χ1v) is 16.1. The molecule has 0 spiro atoms. The molecule has 1 amide bonds. The zero-order valence-electron chi connectivity index (χ0n) is 25.1. The predicted molar refractivity (Wildman–Crippen MR) is 172 cm³/mol. The van der Waals surface area contributed by atoms with Crippen molar-refractivity contribution in [3.63, 3.8) is 0 Å². The van der Waals surface area contributed by atoms with Crippen molar-refractivity contribution in [2.24, 2.45) is 11.8 Å². The first-order valence-electron chi connectivity index (χ1n) is 15.4. The number of anilines is 1. The number of aromatic carboxylic acids is 1. The van der Waals surface area contributed by atoms with E-state index in [0.29, 0.717) is 59.4 Å². The van der Waals surface area contributed by atoms with Crippen LogP contribution in [-0.4, -0.2) is 69.6 Å². The third kappa shape index (κ3) is 5.31. The van der Waals surface area contributed by atoms with E-state index < -0.39 is 23.2 Å². The van der Waals surface area contributed by atoms with E-state index in [-0.39, 0.29) is 41.0 Å². The number of carbonyl (C=O) groups is 2. The molecule has 9 nitrogen and oxygen atoms in total. The summed E-state index contributed by atoms with van der Waals surface area (Å²) in [4.78, 5) is 28.5. The molecular weight excluding hydrogens is 634 g/mol. The molecule has 7 rings (SSSR count). The van der Waals surface area contributed by atoms with Crippen LogP contribution in [0.2, 0.25) is 10.0 Å². The van der Waals surface area contributed by atoms with Gasteiger partial charge in [0.25, 0.3) is 0 Å². The zero-order chi connectivity index (χ0) is 32.2. The Morgan fingerprint density at radius 1 is 1.13 bits per heavy atom. The van der Waals surface area contributed by atoms with Gasteiger partial charge in [-0.2, -0.15) is 5.10 Å². The van der Waals surface area contributed by atoms with Crippen molar-refractivity contribution in [1.29, 1.82) is 0 Å². The molecule has 5 atom stereocenters. The number of nitrogens with zero attached hydrogens (tertiary/aromatic N) is 3.